The molecule has 1 aliphatic carbocycles. The fraction of sp³-hybridized carbons (Fsp3) is 0.444. The molecule has 1 amide bonds. The molecule has 2 heterocycles. The Balaban J connectivity index is 1.63. The van der Waals surface area contributed by atoms with Crippen molar-refractivity contribution in [3.63, 3.8) is 0 Å². The summed E-state index contributed by atoms with van der Waals surface area (Å²) < 4.78 is 1.68. The quantitative estimate of drug-likeness (QED) is 0.240. The van der Waals surface area contributed by atoms with E-state index in [9.17, 15) is 9.59 Å². The molecule has 180 valence electrons. The van der Waals surface area contributed by atoms with Crippen LogP contribution in [0, 0.1) is 5.92 Å². The number of rotatable bonds is 7. The maximum atomic E-state index is 13.5. The maximum Gasteiger partial charge on any atom is 0.263 e. The number of thioether (sulfide) groups is 1. The molecule has 2 aromatic heterocycles. The van der Waals surface area contributed by atoms with E-state index in [1.165, 1.54) is 22.2 Å². The van der Waals surface area contributed by atoms with Gasteiger partial charge in [0.25, 0.3) is 5.56 Å². The van der Waals surface area contributed by atoms with Crippen LogP contribution in [-0.2, 0) is 30.7 Å². The second kappa shape index (κ2) is 10.1. The molecule has 0 saturated carbocycles. The first kappa shape index (κ1) is 24.7. The Bertz CT molecular complexity index is 1250. The van der Waals surface area contributed by atoms with Gasteiger partial charge in [0.1, 0.15) is 4.83 Å². The third-order valence-electron chi connectivity index (χ3n) is 6.31. The summed E-state index contributed by atoms with van der Waals surface area (Å²) in [5, 5.41) is 1.36. The number of fused-ring (bicyclic) bond motifs is 3. The molecule has 1 aliphatic rings. The molecule has 0 fully saturated rings. The zero-order chi connectivity index (χ0) is 24.5. The number of hydrogen-bond acceptors (Lipinski definition) is 5. The summed E-state index contributed by atoms with van der Waals surface area (Å²) in [6.45, 7) is 13.2. The summed E-state index contributed by atoms with van der Waals surface area (Å²) in [5.41, 5.74) is 1.94. The zero-order valence-corrected chi connectivity index (χ0v) is 22.1. The molecule has 5 nitrogen and oxygen atoms in total. The molecule has 34 heavy (non-hydrogen) atoms. The van der Waals surface area contributed by atoms with E-state index in [4.69, 9.17) is 4.98 Å². The van der Waals surface area contributed by atoms with Crippen LogP contribution in [-0.4, -0.2) is 31.6 Å². The number of thiophene rings is 1. The Morgan fingerprint density at radius 2 is 2.06 bits per heavy atom. The highest BCUT2D eigenvalue weighted by molar-refractivity contribution is 7.99. The molecule has 4 rings (SSSR count). The van der Waals surface area contributed by atoms with E-state index in [-0.39, 0.29) is 22.8 Å². The average Bonchev–Trinajstić information content (AvgIpc) is 3.15. The summed E-state index contributed by atoms with van der Waals surface area (Å²) in [6.07, 6.45) is 4.78. The van der Waals surface area contributed by atoms with Crippen molar-refractivity contribution in [1.82, 2.24) is 14.5 Å². The SMILES string of the molecule is C=CCn1c(SCC(=O)N(Cc2ccccc2)C(C)(C)C)nc2sc3c(c2c1=O)CCC(C)C3. The van der Waals surface area contributed by atoms with Crippen LogP contribution in [0.15, 0.2) is 52.9 Å². The van der Waals surface area contributed by atoms with Gasteiger partial charge in [-0.1, -0.05) is 55.1 Å². The van der Waals surface area contributed by atoms with Crippen molar-refractivity contribution in [2.24, 2.45) is 5.92 Å². The summed E-state index contributed by atoms with van der Waals surface area (Å²) in [4.78, 5) is 35.7. The van der Waals surface area contributed by atoms with Crippen molar-refractivity contribution in [1.29, 1.82) is 0 Å². The fourth-order valence-electron chi connectivity index (χ4n) is 4.47. The van der Waals surface area contributed by atoms with Crippen LogP contribution in [0.25, 0.3) is 10.2 Å². The highest BCUT2D eigenvalue weighted by Gasteiger charge is 2.28. The second-order valence-corrected chi connectivity index (χ2v) is 12.1. The van der Waals surface area contributed by atoms with Gasteiger partial charge < -0.3 is 4.90 Å². The Kier molecular flexibility index (Phi) is 7.33. The lowest BCUT2D eigenvalue weighted by atomic mass is 9.89. The van der Waals surface area contributed by atoms with Gasteiger partial charge in [0.05, 0.1) is 11.1 Å². The van der Waals surface area contributed by atoms with E-state index in [1.807, 2.05) is 56.0 Å². The molecule has 0 N–H and O–H groups in total. The van der Waals surface area contributed by atoms with Crippen LogP contribution in [0.2, 0.25) is 0 Å². The second-order valence-electron chi connectivity index (χ2n) is 10.1. The highest BCUT2D eigenvalue weighted by atomic mass is 32.2. The summed E-state index contributed by atoms with van der Waals surface area (Å²) >= 11 is 2.99. The van der Waals surface area contributed by atoms with Gasteiger partial charge in [-0.25, -0.2) is 4.98 Å². The number of allylic oxidation sites excluding steroid dienone is 1. The van der Waals surface area contributed by atoms with Crippen LogP contribution in [0.5, 0.6) is 0 Å². The lowest BCUT2D eigenvalue weighted by Gasteiger charge is -2.36. The van der Waals surface area contributed by atoms with Crippen molar-refractivity contribution in [2.45, 2.75) is 70.7 Å². The van der Waals surface area contributed by atoms with Crippen molar-refractivity contribution < 1.29 is 4.79 Å². The van der Waals surface area contributed by atoms with E-state index in [0.717, 1.165) is 35.0 Å². The molecule has 0 bridgehead atoms. The molecule has 1 aromatic carbocycles. The van der Waals surface area contributed by atoms with Crippen LogP contribution < -0.4 is 5.56 Å². The zero-order valence-electron chi connectivity index (χ0n) is 20.5. The predicted octanol–water partition coefficient (Wildman–Crippen LogP) is 5.69. The van der Waals surface area contributed by atoms with E-state index in [0.29, 0.717) is 24.2 Å². The van der Waals surface area contributed by atoms with Crippen LogP contribution >= 0.6 is 23.1 Å². The number of hydrogen-bond donors (Lipinski definition) is 0. The molecule has 1 unspecified atom stereocenters. The number of carbonyl (C=O) groups excluding carboxylic acids is 1. The molecule has 3 aromatic rings. The van der Waals surface area contributed by atoms with Crippen LogP contribution in [0.4, 0.5) is 0 Å². The first-order valence-corrected chi connectivity index (χ1v) is 13.6. The molecular weight excluding hydrogens is 462 g/mol. The van der Waals surface area contributed by atoms with Gasteiger partial charge in [0.2, 0.25) is 5.91 Å². The van der Waals surface area contributed by atoms with Gasteiger partial charge in [0.15, 0.2) is 5.16 Å². The minimum atomic E-state index is -0.324. The Labute approximate surface area is 209 Å². The minimum absolute atomic E-state index is 0.0103. The highest BCUT2D eigenvalue weighted by Crippen LogP contribution is 2.36. The number of amides is 1. The Morgan fingerprint density at radius 1 is 1.32 bits per heavy atom. The van der Waals surface area contributed by atoms with Gasteiger partial charge in [0, 0.05) is 23.5 Å². The first-order valence-electron chi connectivity index (χ1n) is 11.8. The van der Waals surface area contributed by atoms with Crippen molar-refractivity contribution in [3.8, 4) is 0 Å². The lowest BCUT2D eigenvalue weighted by molar-refractivity contribution is -0.133. The minimum Gasteiger partial charge on any atom is -0.333 e. The summed E-state index contributed by atoms with van der Waals surface area (Å²) in [6, 6.07) is 10.0. The molecule has 7 heteroatoms. The number of aromatic nitrogens is 2. The maximum absolute atomic E-state index is 13.5. The normalized spacial score (nSPS) is 15.8. The number of nitrogens with zero attached hydrogens (tertiary/aromatic N) is 3. The molecule has 0 aliphatic heterocycles. The monoisotopic (exact) mass is 495 g/mol. The standard InChI is InChI=1S/C27H33N3O2S2/c1-6-14-29-25(32)23-20-13-12-18(2)15-21(20)34-24(23)28-26(29)33-17-22(31)30(27(3,4)5)16-19-10-8-7-9-11-19/h6-11,18H,1,12-17H2,2-5H3. The third kappa shape index (κ3) is 5.15. The molecule has 0 radical (unpaired) electrons. The van der Waals surface area contributed by atoms with Gasteiger partial charge in [-0.2, -0.15) is 0 Å². The number of benzene rings is 1. The van der Waals surface area contributed by atoms with Crippen molar-refractivity contribution >= 4 is 39.2 Å². The van der Waals surface area contributed by atoms with E-state index >= 15 is 0 Å². The fourth-order valence-corrected chi connectivity index (χ4v) is 6.78. The molecule has 0 spiro atoms. The van der Waals surface area contributed by atoms with E-state index in [2.05, 4.69) is 13.5 Å². The number of aryl methyl sites for hydroxylation is 1. The topological polar surface area (TPSA) is 55.2 Å². The van der Waals surface area contributed by atoms with Crippen molar-refractivity contribution in [3.05, 3.63) is 69.3 Å². The molecule has 0 saturated heterocycles. The van der Waals surface area contributed by atoms with E-state index < -0.39 is 0 Å². The number of carbonyl (C=O) groups is 1. The Hall–Kier alpha value is -2.38. The summed E-state index contributed by atoms with van der Waals surface area (Å²) in [5.74, 6) is 0.886. The predicted molar refractivity (Wildman–Crippen MR) is 143 cm³/mol. The molecule has 1 atom stereocenters. The third-order valence-corrected chi connectivity index (χ3v) is 8.42. The Morgan fingerprint density at radius 3 is 2.74 bits per heavy atom. The van der Waals surface area contributed by atoms with Crippen LogP contribution in [0.1, 0.15) is 50.1 Å². The smallest absolute Gasteiger partial charge is 0.263 e. The van der Waals surface area contributed by atoms with Gasteiger partial charge >= 0.3 is 0 Å². The molecular formula is C27H33N3O2S2. The first-order chi connectivity index (χ1) is 16.2. The van der Waals surface area contributed by atoms with Crippen LogP contribution in [0.3, 0.4) is 0 Å². The van der Waals surface area contributed by atoms with Gasteiger partial charge in [-0.15, -0.1) is 17.9 Å². The largest absolute Gasteiger partial charge is 0.333 e. The van der Waals surface area contributed by atoms with Gasteiger partial charge in [-0.05, 0) is 57.1 Å². The van der Waals surface area contributed by atoms with Gasteiger partial charge in [-0.3, -0.25) is 14.2 Å². The van der Waals surface area contributed by atoms with E-state index in [1.54, 1.807) is 22.0 Å². The van der Waals surface area contributed by atoms with Crippen molar-refractivity contribution in [2.75, 3.05) is 5.75 Å². The average molecular weight is 496 g/mol. The lowest BCUT2D eigenvalue weighted by Crippen LogP contribution is -2.46. The summed E-state index contributed by atoms with van der Waals surface area (Å²) in [7, 11) is 0.